The highest BCUT2D eigenvalue weighted by atomic mass is 19.4. The van der Waals surface area contributed by atoms with E-state index < -0.39 is 30.2 Å². The number of nitrogens with zero attached hydrogens (tertiary/aromatic N) is 1. The van der Waals surface area contributed by atoms with Crippen molar-refractivity contribution >= 4 is 29.2 Å². The Balaban J connectivity index is 1.53. The molecule has 0 atom stereocenters. The number of halogens is 3. The highest BCUT2D eigenvalue weighted by Crippen LogP contribution is 2.35. The van der Waals surface area contributed by atoms with E-state index in [0.717, 1.165) is 17.7 Å². The zero-order valence-electron chi connectivity index (χ0n) is 19.1. The van der Waals surface area contributed by atoms with Crippen LogP contribution >= 0.6 is 0 Å². The van der Waals surface area contributed by atoms with Crippen LogP contribution in [-0.4, -0.2) is 57.2 Å². The van der Waals surface area contributed by atoms with Crippen molar-refractivity contribution in [2.24, 2.45) is 0 Å². The Kier molecular flexibility index (Phi) is 8.69. The Morgan fingerprint density at radius 2 is 1.80 bits per heavy atom. The van der Waals surface area contributed by atoms with Crippen LogP contribution in [0.1, 0.15) is 27.9 Å². The van der Waals surface area contributed by atoms with Crippen molar-refractivity contribution in [2.75, 3.05) is 49.7 Å². The third kappa shape index (κ3) is 7.44. The van der Waals surface area contributed by atoms with Gasteiger partial charge in [-0.25, -0.2) is 0 Å². The quantitative estimate of drug-likeness (QED) is 0.549. The zero-order chi connectivity index (χ0) is 25.4. The van der Waals surface area contributed by atoms with E-state index in [1.807, 2.05) is 4.90 Å². The molecular formula is C24H26F3N3O5. The summed E-state index contributed by atoms with van der Waals surface area (Å²) in [5, 5.41) is 5.01. The Morgan fingerprint density at radius 3 is 2.49 bits per heavy atom. The van der Waals surface area contributed by atoms with Crippen LogP contribution in [0.15, 0.2) is 42.5 Å². The van der Waals surface area contributed by atoms with Gasteiger partial charge in [-0.3, -0.25) is 14.4 Å². The summed E-state index contributed by atoms with van der Waals surface area (Å²) in [6, 6.07) is 10.1. The molecule has 0 bridgehead atoms. The molecule has 1 aliphatic heterocycles. The predicted octanol–water partition coefficient (Wildman–Crippen LogP) is 3.15. The number of esters is 1. The SMILES string of the molecule is Cc1ccccc1C(=O)NCCC(=O)OCC(=O)Nc1cc(C(F)(F)F)ccc1N1CCOCC1. The van der Waals surface area contributed by atoms with Crippen LogP contribution in [0, 0.1) is 6.92 Å². The number of benzene rings is 2. The largest absolute Gasteiger partial charge is 0.456 e. The van der Waals surface area contributed by atoms with Gasteiger partial charge in [-0.05, 0) is 36.8 Å². The first-order valence-corrected chi connectivity index (χ1v) is 11.0. The van der Waals surface area contributed by atoms with Gasteiger partial charge in [-0.15, -0.1) is 0 Å². The molecule has 0 aliphatic carbocycles. The van der Waals surface area contributed by atoms with E-state index in [0.29, 0.717) is 37.6 Å². The summed E-state index contributed by atoms with van der Waals surface area (Å²) in [7, 11) is 0. The predicted molar refractivity (Wildman–Crippen MR) is 122 cm³/mol. The number of hydrogen-bond acceptors (Lipinski definition) is 6. The average Bonchev–Trinajstić information content (AvgIpc) is 2.83. The van der Waals surface area contributed by atoms with Crippen LogP contribution < -0.4 is 15.5 Å². The van der Waals surface area contributed by atoms with Gasteiger partial charge in [0.05, 0.1) is 36.6 Å². The van der Waals surface area contributed by atoms with Crippen LogP contribution in [0.4, 0.5) is 24.5 Å². The third-order valence-electron chi connectivity index (χ3n) is 5.32. The number of carbonyl (C=O) groups is 3. The number of nitrogens with one attached hydrogen (secondary N) is 2. The maximum atomic E-state index is 13.2. The van der Waals surface area contributed by atoms with Gasteiger partial charge in [0.25, 0.3) is 11.8 Å². The summed E-state index contributed by atoms with van der Waals surface area (Å²) in [6.45, 7) is 2.84. The molecule has 8 nitrogen and oxygen atoms in total. The standard InChI is InChI=1S/C24H26F3N3O5/c1-16-4-2-3-5-18(16)23(33)28-9-8-22(32)35-15-21(31)29-19-14-17(24(25,26)27)6-7-20(19)30-10-12-34-13-11-30/h2-7,14H,8-13,15H2,1H3,(H,28,33)(H,29,31). The average molecular weight is 493 g/mol. The number of aryl methyl sites for hydroxylation is 1. The Morgan fingerprint density at radius 1 is 1.09 bits per heavy atom. The summed E-state index contributed by atoms with van der Waals surface area (Å²) in [6.07, 6.45) is -4.76. The minimum atomic E-state index is -4.59. The monoisotopic (exact) mass is 493 g/mol. The Labute approximate surface area is 200 Å². The molecule has 1 fully saturated rings. The maximum absolute atomic E-state index is 13.2. The van der Waals surface area contributed by atoms with Crippen molar-refractivity contribution in [1.29, 1.82) is 0 Å². The Bertz CT molecular complexity index is 1070. The Hall–Kier alpha value is -3.60. The van der Waals surface area contributed by atoms with E-state index in [9.17, 15) is 27.6 Å². The van der Waals surface area contributed by atoms with Gasteiger partial charge in [0.15, 0.2) is 6.61 Å². The lowest BCUT2D eigenvalue weighted by molar-refractivity contribution is -0.147. The first-order valence-electron chi connectivity index (χ1n) is 11.0. The molecule has 2 amide bonds. The van der Waals surface area contributed by atoms with E-state index in [4.69, 9.17) is 9.47 Å². The van der Waals surface area contributed by atoms with E-state index in [-0.39, 0.29) is 24.6 Å². The smallest absolute Gasteiger partial charge is 0.416 e. The van der Waals surface area contributed by atoms with Gasteiger partial charge in [0.2, 0.25) is 0 Å². The van der Waals surface area contributed by atoms with E-state index >= 15 is 0 Å². The number of alkyl halides is 3. The fourth-order valence-electron chi connectivity index (χ4n) is 3.50. The van der Waals surface area contributed by atoms with E-state index in [1.54, 1.807) is 31.2 Å². The molecule has 3 rings (SSSR count). The molecule has 188 valence electrons. The minimum Gasteiger partial charge on any atom is -0.456 e. The fourth-order valence-corrected chi connectivity index (χ4v) is 3.50. The first-order chi connectivity index (χ1) is 16.6. The molecule has 2 aromatic rings. The van der Waals surface area contributed by atoms with Crippen LogP contribution in [0.25, 0.3) is 0 Å². The molecule has 1 heterocycles. The summed E-state index contributed by atoms with van der Waals surface area (Å²) >= 11 is 0. The van der Waals surface area contributed by atoms with Crippen molar-refractivity contribution in [1.82, 2.24) is 5.32 Å². The lowest BCUT2D eigenvalue weighted by Crippen LogP contribution is -2.37. The summed E-state index contributed by atoms with van der Waals surface area (Å²) in [5.74, 6) is -1.85. The second kappa shape index (κ2) is 11.7. The van der Waals surface area contributed by atoms with Crippen LogP contribution in [-0.2, 0) is 25.2 Å². The number of hydrogen-bond donors (Lipinski definition) is 2. The van der Waals surface area contributed by atoms with Crippen molar-refractivity contribution < 1.29 is 37.0 Å². The number of ether oxygens (including phenoxy) is 2. The summed E-state index contributed by atoms with van der Waals surface area (Å²) in [4.78, 5) is 38.3. The van der Waals surface area contributed by atoms with Gasteiger partial charge >= 0.3 is 12.1 Å². The molecule has 0 radical (unpaired) electrons. The number of amides is 2. The summed E-state index contributed by atoms with van der Waals surface area (Å²) in [5.41, 5.74) is 0.743. The first kappa shape index (κ1) is 26.0. The second-order valence-electron chi connectivity index (χ2n) is 7.86. The molecule has 1 aliphatic rings. The highest BCUT2D eigenvalue weighted by Gasteiger charge is 2.32. The molecule has 0 aromatic heterocycles. The van der Waals surface area contributed by atoms with Crippen molar-refractivity contribution in [3.63, 3.8) is 0 Å². The summed E-state index contributed by atoms with van der Waals surface area (Å²) < 4.78 is 49.8. The molecule has 0 unspecified atom stereocenters. The van der Waals surface area contributed by atoms with Crippen molar-refractivity contribution in [3.05, 3.63) is 59.2 Å². The maximum Gasteiger partial charge on any atom is 0.416 e. The van der Waals surface area contributed by atoms with Gasteiger partial charge in [0.1, 0.15) is 0 Å². The third-order valence-corrected chi connectivity index (χ3v) is 5.32. The molecule has 0 saturated carbocycles. The molecule has 0 spiro atoms. The molecule has 1 saturated heterocycles. The van der Waals surface area contributed by atoms with Crippen LogP contribution in [0.3, 0.4) is 0 Å². The molecular weight excluding hydrogens is 467 g/mol. The van der Waals surface area contributed by atoms with Crippen LogP contribution in [0.5, 0.6) is 0 Å². The lowest BCUT2D eigenvalue weighted by atomic mass is 10.1. The zero-order valence-corrected chi connectivity index (χ0v) is 19.1. The number of morpholine rings is 1. The van der Waals surface area contributed by atoms with Crippen molar-refractivity contribution in [2.45, 2.75) is 19.5 Å². The number of anilines is 2. The van der Waals surface area contributed by atoms with Gasteiger partial charge in [-0.1, -0.05) is 18.2 Å². The topological polar surface area (TPSA) is 97.0 Å². The van der Waals surface area contributed by atoms with Gasteiger partial charge < -0.3 is 25.0 Å². The molecule has 11 heteroatoms. The lowest BCUT2D eigenvalue weighted by Gasteiger charge is -2.31. The minimum absolute atomic E-state index is 0.00241. The van der Waals surface area contributed by atoms with Gasteiger partial charge in [0, 0.05) is 25.2 Å². The highest BCUT2D eigenvalue weighted by molar-refractivity contribution is 5.97. The van der Waals surface area contributed by atoms with E-state index in [1.165, 1.54) is 6.07 Å². The van der Waals surface area contributed by atoms with Crippen molar-refractivity contribution in [3.8, 4) is 0 Å². The second-order valence-corrected chi connectivity index (χ2v) is 7.86. The normalized spacial score (nSPS) is 13.8. The van der Waals surface area contributed by atoms with E-state index in [2.05, 4.69) is 10.6 Å². The molecule has 2 N–H and O–H groups in total. The number of rotatable bonds is 8. The van der Waals surface area contributed by atoms with Gasteiger partial charge in [-0.2, -0.15) is 13.2 Å². The molecule has 2 aromatic carbocycles. The molecule has 35 heavy (non-hydrogen) atoms. The number of carbonyl (C=O) groups excluding carboxylic acids is 3. The van der Waals surface area contributed by atoms with Crippen LogP contribution in [0.2, 0.25) is 0 Å². The fraction of sp³-hybridized carbons (Fsp3) is 0.375.